The lowest BCUT2D eigenvalue weighted by molar-refractivity contribution is -0.143. The van der Waals surface area contributed by atoms with Gasteiger partial charge in [-0.05, 0) is 28.4 Å². The zero-order chi connectivity index (χ0) is 16.1. The van der Waals surface area contributed by atoms with E-state index in [1.807, 2.05) is 17.7 Å². The molecule has 1 unspecified atom stereocenters. The van der Waals surface area contributed by atoms with Crippen LogP contribution in [0.4, 0.5) is 0 Å². The summed E-state index contributed by atoms with van der Waals surface area (Å²) < 4.78 is 12.9. The van der Waals surface area contributed by atoms with Gasteiger partial charge in [0.1, 0.15) is 10.4 Å². The molecule has 0 aliphatic heterocycles. The number of carbonyl (C=O) groups excluding carboxylic acids is 1. The first-order chi connectivity index (χ1) is 10.6. The largest absolute Gasteiger partial charge is 0.481 e. The molecule has 0 spiro atoms. The number of methoxy groups -OCH3 is 1. The third kappa shape index (κ3) is 3.65. The second-order valence-corrected chi connectivity index (χ2v) is 5.51. The lowest BCUT2D eigenvalue weighted by Gasteiger charge is -2.16. The quantitative estimate of drug-likeness (QED) is 0.734. The molecule has 2 heterocycles. The number of aromatic nitrogens is 3. The Balaban J connectivity index is 2.35. The van der Waals surface area contributed by atoms with Gasteiger partial charge in [0, 0.05) is 19.3 Å². The van der Waals surface area contributed by atoms with Crippen molar-refractivity contribution in [3.05, 3.63) is 40.5 Å². The summed E-state index contributed by atoms with van der Waals surface area (Å²) >= 11 is 3.43. The molecule has 0 aliphatic carbocycles. The van der Waals surface area contributed by atoms with E-state index in [2.05, 4.69) is 25.9 Å². The summed E-state index contributed by atoms with van der Waals surface area (Å²) in [4.78, 5) is 20.5. The Morgan fingerprint density at radius 2 is 2.14 bits per heavy atom. The lowest BCUT2D eigenvalue weighted by atomic mass is 9.96. The summed E-state index contributed by atoms with van der Waals surface area (Å²) in [5.41, 5.74) is 0.884. The van der Waals surface area contributed by atoms with Gasteiger partial charge in [-0.2, -0.15) is 0 Å². The van der Waals surface area contributed by atoms with E-state index in [4.69, 9.17) is 9.47 Å². The summed E-state index contributed by atoms with van der Waals surface area (Å²) in [6.45, 7) is 2.15. The Bertz CT molecular complexity index is 640. The molecule has 0 fully saturated rings. The molecule has 7 heteroatoms. The van der Waals surface area contributed by atoms with E-state index in [1.165, 1.54) is 0 Å². The fourth-order valence-electron chi connectivity index (χ4n) is 2.19. The number of halogens is 1. The number of imidazole rings is 1. The van der Waals surface area contributed by atoms with Crippen LogP contribution in [0, 0.1) is 0 Å². The molecule has 2 rings (SSSR count). The Morgan fingerprint density at radius 1 is 1.36 bits per heavy atom. The number of hydrogen-bond acceptors (Lipinski definition) is 5. The van der Waals surface area contributed by atoms with Gasteiger partial charge >= 0.3 is 5.97 Å². The predicted molar refractivity (Wildman–Crippen MR) is 84.8 cm³/mol. The van der Waals surface area contributed by atoms with Crippen molar-refractivity contribution < 1.29 is 14.3 Å². The highest BCUT2D eigenvalue weighted by Crippen LogP contribution is 2.29. The van der Waals surface area contributed by atoms with Crippen LogP contribution in [-0.4, -0.2) is 34.2 Å². The normalized spacial score (nSPS) is 12.0. The Hall–Kier alpha value is -1.89. The third-order valence-corrected chi connectivity index (χ3v) is 4.06. The topological polar surface area (TPSA) is 66.2 Å². The van der Waals surface area contributed by atoms with Gasteiger partial charge in [0.15, 0.2) is 0 Å². The number of ether oxygens (including phenoxy) is 2. The average molecular weight is 368 g/mol. The molecular weight excluding hydrogens is 350 g/mol. The van der Waals surface area contributed by atoms with Crippen molar-refractivity contribution in [2.45, 2.75) is 19.3 Å². The smallest absolute Gasteiger partial charge is 0.306 e. The number of hydrogen-bond donors (Lipinski definition) is 0. The first kappa shape index (κ1) is 16.5. The molecule has 0 bridgehead atoms. The zero-order valence-corrected chi connectivity index (χ0v) is 14.3. The van der Waals surface area contributed by atoms with Gasteiger partial charge in [-0.15, -0.1) is 0 Å². The summed E-state index contributed by atoms with van der Waals surface area (Å²) in [6.07, 6.45) is 3.62. The molecule has 0 aromatic carbocycles. The molecule has 2 aromatic heterocycles. The van der Waals surface area contributed by atoms with Gasteiger partial charge < -0.3 is 14.0 Å². The van der Waals surface area contributed by atoms with Gasteiger partial charge in [0.25, 0.3) is 0 Å². The fourth-order valence-corrected chi connectivity index (χ4v) is 2.47. The molecule has 2 aromatic rings. The van der Waals surface area contributed by atoms with Crippen LogP contribution >= 0.6 is 15.9 Å². The Labute approximate surface area is 137 Å². The number of rotatable bonds is 6. The van der Waals surface area contributed by atoms with Gasteiger partial charge in [-0.25, -0.2) is 9.97 Å². The van der Waals surface area contributed by atoms with Crippen molar-refractivity contribution in [2.24, 2.45) is 7.05 Å². The molecule has 0 amide bonds. The molecule has 0 radical (unpaired) electrons. The molecule has 1 atom stereocenters. The second kappa shape index (κ2) is 7.40. The van der Waals surface area contributed by atoms with Crippen LogP contribution in [-0.2, 0) is 16.6 Å². The van der Waals surface area contributed by atoms with Gasteiger partial charge in [0.2, 0.25) is 5.88 Å². The number of carbonyl (C=O) groups is 1. The van der Waals surface area contributed by atoms with Crippen molar-refractivity contribution in [3.8, 4) is 5.88 Å². The maximum Gasteiger partial charge on any atom is 0.306 e. The van der Waals surface area contributed by atoms with Gasteiger partial charge in [-0.1, -0.05) is 6.07 Å². The van der Waals surface area contributed by atoms with E-state index < -0.39 is 0 Å². The summed E-state index contributed by atoms with van der Waals surface area (Å²) in [5.74, 6) is 0.808. The minimum Gasteiger partial charge on any atom is -0.481 e. The second-order valence-electron chi connectivity index (χ2n) is 4.69. The van der Waals surface area contributed by atoms with E-state index in [9.17, 15) is 4.79 Å². The van der Waals surface area contributed by atoms with Crippen molar-refractivity contribution in [1.29, 1.82) is 0 Å². The maximum atomic E-state index is 11.9. The average Bonchev–Trinajstić information content (AvgIpc) is 2.85. The van der Waals surface area contributed by atoms with Crippen LogP contribution in [0.15, 0.2) is 29.1 Å². The lowest BCUT2D eigenvalue weighted by Crippen LogP contribution is -2.15. The SMILES string of the molecule is CCOC(=O)CC(c1ccc(OC)nc1)c1ncc(Br)n1C. The highest BCUT2D eigenvalue weighted by molar-refractivity contribution is 9.10. The Kier molecular flexibility index (Phi) is 5.54. The van der Waals surface area contributed by atoms with E-state index >= 15 is 0 Å². The molecule has 0 saturated heterocycles. The van der Waals surface area contributed by atoms with Crippen LogP contribution in [0.3, 0.4) is 0 Å². The zero-order valence-electron chi connectivity index (χ0n) is 12.7. The highest BCUT2D eigenvalue weighted by Gasteiger charge is 2.24. The molecule has 0 saturated carbocycles. The van der Waals surface area contributed by atoms with Crippen molar-refractivity contribution in [3.63, 3.8) is 0 Å². The van der Waals surface area contributed by atoms with Crippen LogP contribution in [0.5, 0.6) is 5.88 Å². The molecule has 118 valence electrons. The fraction of sp³-hybridized carbons (Fsp3) is 0.400. The van der Waals surface area contributed by atoms with Crippen LogP contribution < -0.4 is 4.74 Å². The van der Waals surface area contributed by atoms with E-state index in [-0.39, 0.29) is 18.3 Å². The minimum absolute atomic E-state index is 0.207. The molecule has 0 N–H and O–H groups in total. The van der Waals surface area contributed by atoms with Crippen molar-refractivity contribution in [1.82, 2.24) is 14.5 Å². The monoisotopic (exact) mass is 367 g/mol. The third-order valence-electron chi connectivity index (χ3n) is 3.33. The highest BCUT2D eigenvalue weighted by atomic mass is 79.9. The molecule has 0 aliphatic rings. The standard InChI is InChI=1S/C15H18BrN3O3/c1-4-22-14(20)7-11(15-18-9-12(16)19(15)2)10-5-6-13(21-3)17-8-10/h5-6,8-9,11H,4,7H2,1-3H3. The number of esters is 1. The van der Waals surface area contributed by atoms with Gasteiger partial charge in [0.05, 0.1) is 32.3 Å². The van der Waals surface area contributed by atoms with Gasteiger partial charge in [-0.3, -0.25) is 4.79 Å². The first-order valence-electron chi connectivity index (χ1n) is 6.89. The first-order valence-corrected chi connectivity index (χ1v) is 7.68. The summed E-state index contributed by atoms with van der Waals surface area (Å²) in [5, 5.41) is 0. The van der Waals surface area contributed by atoms with Crippen LogP contribution in [0.1, 0.15) is 30.7 Å². The minimum atomic E-state index is -0.262. The van der Waals surface area contributed by atoms with E-state index in [0.29, 0.717) is 12.5 Å². The summed E-state index contributed by atoms with van der Waals surface area (Å²) in [7, 11) is 3.45. The van der Waals surface area contributed by atoms with Crippen molar-refractivity contribution in [2.75, 3.05) is 13.7 Å². The maximum absolute atomic E-state index is 11.9. The Morgan fingerprint density at radius 3 is 2.64 bits per heavy atom. The van der Waals surface area contributed by atoms with E-state index in [0.717, 1.165) is 16.0 Å². The van der Waals surface area contributed by atoms with Crippen LogP contribution in [0.25, 0.3) is 0 Å². The number of pyridine rings is 1. The van der Waals surface area contributed by atoms with Crippen molar-refractivity contribution >= 4 is 21.9 Å². The van der Waals surface area contributed by atoms with Crippen LogP contribution in [0.2, 0.25) is 0 Å². The molecular formula is C15H18BrN3O3. The number of nitrogens with zero attached hydrogens (tertiary/aromatic N) is 3. The summed E-state index contributed by atoms with van der Waals surface area (Å²) in [6, 6.07) is 3.66. The molecule has 22 heavy (non-hydrogen) atoms. The predicted octanol–water partition coefficient (Wildman–Crippen LogP) is 2.67. The molecule has 6 nitrogen and oxygen atoms in total. The van der Waals surface area contributed by atoms with E-state index in [1.54, 1.807) is 32.5 Å².